The van der Waals surface area contributed by atoms with Crippen molar-refractivity contribution in [3.63, 3.8) is 0 Å². The van der Waals surface area contributed by atoms with Gasteiger partial charge in [-0.2, -0.15) is 0 Å². The van der Waals surface area contributed by atoms with Gasteiger partial charge >= 0.3 is 5.97 Å². The molecule has 11 heavy (non-hydrogen) atoms. The van der Waals surface area contributed by atoms with E-state index in [1.165, 1.54) is 7.11 Å². The lowest BCUT2D eigenvalue weighted by atomic mass is 10.0. The zero-order chi connectivity index (χ0) is 9.07. The van der Waals surface area contributed by atoms with Crippen molar-refractivity contribution in [1.82, 2.24) is 0 Å². The molecule has 0 spiro atoms. The number of alkyl halides is 1. The highest BCUT2D eigenvalue weighted by molar-refractivity contribution is 5.73. The standard InChI is InChI=1S/C6H11FO4/c1-6(10,3-11-2)4(7)5(8)9/h4,10H,3H2,1-2H3,(H,8,9). The first kappa shape index (κ1) is 10.3. The predicted octanol–water partition coefficient (Wildman–Crippen LogP) is -0.194. The summed E-state index contributed by atoms with van der Waals surface area (Å²) in [6.07, 6.45) is -2.32. The van der Waals surface area contributed by atoms with Gasteiger partial charge in [-0.25, -0.2) is 9.18 Å². The van der Waals surface area contributed by atoms with Gasteiger partial charge in [-0.05, 0) is 6.92 Å². The lowest BCUT2D eigenvalue weighted by Gasteiger charge is -2.22. The van der Waals surface area contributed by atoms with Gasteiger partial charge in [0.1, 0.15) is 5.60 Å². The second kappa shape index (κ2) is 3.64. The first-order valence-electron chi connectivity index (χ1n) is 3.00. The average Bonchev–Trinajstić information content (AvgIpc) is 1.86. The summed E-state index contributed by atoms with van der Waals surface area (Å²) < 4.78 is 17.0. The summed E-state index contributed by atoms with van der Waals surface area (Å²) >= 11 is 0. The number of aliphatic hydroxyl groups is 1. The van der Waals surface area contributed by atoms with Crippen molar-refractivity contribution < 1.29 is 24.1 Å². The topological polar surface area (TPSA) is 66.8 Å². The van der Waals surface area contributed by atoms with Crippen LogP contribution in [0.25, 0.3) is 0 Å². The van der Waals surface area contributed by atoms with Crippen molar-refractivity contribution in [3.8, 4) is 0 Å². The third-order valence-electron chi connectivity index (χ3n) is 1.20. The van der Waals surface area contributed by atoms with Gasteiger partial charge in [0.05, 0.1) is 6.61 Å². The van der Waals surface area contributed by atoms with E-state index in [4.69, 9.17) is 10.2 Å². The van der Waals surface area contributed by atoms with Gasteiger partial charge in [-0.15, -0.1) is 0 Å². The molecule has 66 valence electrons. The average molecular weight is 166 g/mol. The molecule has 0 aromatic heterocycles. The third-order valence-corrected chi connectivity index (χ3v) is 1.20. The van der Waals surface area contributed by atoms with E-state index in [2.05, 4.69) is 4.74 Å². The van der Waals surface area contributed by atoms with Crippen molar-refractivity contribution in [3.05, 3.63) is 0 Å². The molecule has 0 aliphatic carbocycles. The molecule has 0 radical (unpaired) electrons. The molecule has 2 atom stereocenters. The minimum absolute atomic E-state index is 0.347. The van der Waals surface area contributed by atoms with Crippen LogP contribution in [0.1, 0.15) is 6.92 Å². The van der Waals surface area contributed by atoms with Gasteiger partial charge in [0.25, 0.3) is 0 Å². The Hall–Kier alpha value is -0.680. The quantitative estimate of drug-likeness (QED) is 0.607. The fourth-order valence-corrected chi connectivity index (χ4v) is 0.631. The van der Waals surface area contributed by atoms with Gasteiger partial charge in [-0.1, -0.05) is 0 Å². The maximum Gasteiger partial charge on any atom is 0.341 e. The fourth-order valence-electron chi connectivity index (χ4n) is 0.631. The number of hydrogen-bond donors (Lipinski definition) is 2. The molecule has 0 aliphatic rings. The zero-order valence-corrected chi connectivity index (χ0v) is 6.37. The first-order valence-corrected chi connectivity index (χ1v) is 3.00. The molecule has 2 unspecified atom stereocenters. The molecule has 0 amide bonds. The predicted molar refractivity (Wildman–Crippen MR) is 35.0 cm³/mol. The van der Waals surface area contributed by atoms with E-state index in [9.17, 15) is 9.18 Å². The monoisotopic (exact) mass is 166 g/mol. The molecule has 0 aromatic carbocycles. The van der Waals surface area contributed by atoms with E-state index in [0.717, 1.165) is 6.92 Å². The molecule has 0 rings (SSSR count). The highest BCUT2D eigenvalue weighted by Crippen LogP contribution is 2.13. The Labute approximate surface area is 63.6 Å². The van der Waals surface area contributed by atoms with Gasteiger partial charge in [-0.3, -0.25) is 0 Å². The van der Waals surface area contributed by atoms with Crippen LogP contribution in [0, 0.1) is 0 Å². The number of methoxy groups -OCH3 is 1. The Bertz CT molecular complexity index is 146. The van der Waals surface area contributed by atoms with Crippen LogP contribution >= 0.6 is 0 Å². The maximum atomic E-state index is 12.6. The minimum Gasteiger partial charge on any atom is -0.479 e. The highest BCUT2D eigenvalue weighted by Gasteiger charge is 2.37. The van der Waals surface area contributed by atoms with Crippen molar-refractivity contribution in [2.75, 3.05) is 13.7 Å². The van der Waals surface area contributed by atoms with Gasteiger partial charge < -0.3 is 14.9 Å². The highest BCUT2D eigenvalue weighted by atomic mass is 19.1. The molecule has 0 saturated carbocycles. The van der Waals surface area contributed by atoms with Crippen LogP contribution in [0.3, 0.4) is 0 Å². The van der Waals surface area contributed by atoms with E-state index in [1.807, 2.05) is 0 Å². The molecule has 0 bridgehead atoms. The number of carbonyl (C=O) groups is 1. The fraction of sp³-hybridized carbons (Fsp3) is 0.833. The summed E-state index contributed by atoms with van der Waals surface area (Å²) in [7, 11) is 1.25. The molecule has 0 aromatic rings. The summed E-state index contributed by atoms with van der Waals surface area (Å²) in [5.41, 5.74) is -1.96. The Morgan fingerprint density at radius 1 is 1.82 bits per heavy atom. The lowest BCUT2D eigenvalue weighted by molar-refractivity contribution is -0.157. The van der Waals surface area contributed by atoms with Crippen LogP contribution < -0.4 is 0 Å². The van der Waals surface area contributed by atoms with Gasteiger partial charge in [0, 0.05) is 7.11 Å². The smallest absolute Gasteiger partial charge is 0.341 e. The van der Waals surface area contributed by atoms with Gasteiger partial charge in [0.2, 0.25) is 6.17 Å². The van der Waals surface area contributed by atoms with Crippen molar-refractivity contribution in [2.24, 2.45) is 0 Å². The molecule has 0 fully saturated rings. The molecule has 0 aliphatic heterocycles. The van der Waals surface area contributed by atoms with Crippen molar-refractivity contribution in [1.29, 1.82) is 0 Å². The lowest BCUT2D eigenvalue weighted by Crippen LogP contribution is -2.45. The van der Waals surface area contributed by atoms with Crippen molar-refractivity contribution >= 4 is 5.97 Å². The van der Waals surface area contributed by atoms with E-state index in [-0.39, 0.29) is 6.61 Å². The first-order chi connectivity index (χ1) is 4.91. The number of hydrogen-bond acceptors (Lipinski definition) is 3. The summed E-state index contributed by atoms with van der Waals surface area (Å²) in [5, 5.41) is 17.2. The Balaban J connectivity index is 4.16. The molecular weight excluding hydrogens is 155 g/mol. The minimum atomic E-state index is -2.32. The Morgan fingerprint density at radius 3 is 2.55 bits per heavy atom. The number of aliphatic carboxylic acids is 1. The van der Waals surface area contributed by atoms with Gasteiger partial charge in [0.15, 0.2) is 0 Å². The molecule has 0 heterocycles. The number of carboxylic acid groups (broad SMARTS) is 1. The summed E-state index contributed by atoms with van der Waals surface area (Å²) in [4.78, 5) is 10.0. The van der Waals surface area contributed by atoms with Crippen LogP contribution in [0.2, 0.25) is 0 Å². The van der Waals surface area contributed by atoms with Crippen LogP contribution in [-0.2, 0) is 9.53 Å². The second-order valence-electron chi connectivity index (χ2n) is 2.49. The van der Waals surface area contributed by atoms with E-state index in [1.54, 1.807) is 0 Å². The molecule has 5 heteroatoms. The molecular formula is C6H11FO4. The zero-order valence-electron chi connectivity index (χ0n) is 6.37. The Morgan fingerprint density at radius 2 is 2.27 bits per heavy atom. The number of ether oxygens (including phenoxy) is 1. The van der Waals surface area contributed by atoms with E-state index in [0.29, 0.717) is 0 Å². The third kappa shape index (κ3) is 2.81. The summed E-state index contributed by atoms with van der Waals surface area (Å²) in [6.45, 7) is 0.718. The number of rotatable bonds is 4. The Kier molecular flexibility index (Phi) is 3.41. The van der Waals surface area contributed by atoms with Crippen LogP contribution in [0.4, 0.5) is 4.39 Å². The normalized spacial score (nSPS) is 18.9. The molecule has 2 N–H and O–H groups in total. The number of halogens is 1. The van der Waals surface area contributed by atoms with Crippen LogP contribution in [-0.4, -0.2) is 41.7 Å². The molecule has 0 saturated heterocycles. The maximum absolute atomic E-state index is 12.6. The summed E-state index contributed by atoms with van der Waals surface area (Å²) in [5.74, 6) is -1.69. The largest absolute Gasteiger partial charge is 0.479 e. The molecule has 4 nitrogen and oxygen atoms in total. The second-order valence-corrected chi connectivity index (χ2v) is 2.49. The SMILES string of the molecule is COCC(C)(O)C(F)C(=O)O. The summed E-state index contributed by atoms with van der Waals surface area (Å²) in [6, 6.07) is 0. The van der Waals surface area contributed by atoms with Crippen molar-refractivity contribution in [2.45, 2.75) is 18.7 Å². The van der Waals surface area contributed by atoms with Crippen LogP contribution in [0.5, 0.6) is 0 Å². The van der Waals surface area contributed by atoms with Crippen LogP contribution in [0.15, 0.2) is 0 Å². The van der Waals surface area contributed by atoms with E-state index >= 15 is 0 Å². The number of carboxylic acids is 1. The van der Waals surface area contributed by atoms with E-state index < -0.39 is 17.7 Å².